The van der Waals surface area contributed by atoms with Crippen molar-refractivity contribution >= 4 is 34.3 Å². The molecule has 1 saturated heterocycles. The molecule has 0 radical (unpaired) electrons. The van der Waals surface area contributed by atoms with E-state index in [2.05, 4.69) is 4.98 Å². The van der Waals surface area contributed by atoms with Crippen molar-refractivity contribution in [3.05, 3.63) is 17.8 Å². The number of hydrogen-bond acceptors (Lipinski definition) is 5. The van der Waals surface area contributed by atoms with Crippen molar-refractivity contribution in [1.82, 2.24) is 4.98 Å². The number of aryl methyl sites for hydroxylation is 1. The lowest BCUT2D eigenvalue weighted by Crippen LogP contribution is -2.27. The average molecular weight is 265 g/mol. The summed E-state index contributed by atoms with van der Waals surface area (Å²) < 4.78 is 0. The molecule has 1 aliphatic rings. The molecule has 1 amide bonds. The van der Waals surface area contributed by atoms with Crippen molar-refractivity contribution < 1.29 is 9.59 Å². The Balaban J connectivity index is 2.21. The molecule has 0 saturated carbocycles. The van der Waals surface area contributed by atoms with Gasteiger partial charge in [0, 0.05) is 30.8 Å². The zero-order valence-corrected chi connectivity index (χ0v) is 11.2. The van der Waals surface area contributed by atoms with Crippen LogP contribution in [0.25, 0.3) is 0 Å². The highest BCUT2D eigenvalue weighted by Crippen LogP contribution is 2.30. The van der Waals surface area contributed by atoms with Crippen molar-refractivity contribution in [2.24, 2.45) is 0 Å². The Morgan fingerprint density at radius 3 is 2.94 bits per heavy atom. The van der Waals surface area contributed by atoms with E-state index in [1.54, 1.807) is 17.0 Å². The number of pyridine rings is 1. The highest BCUT2D eigenvalue weighted by Gasteiger charge is 2.33. The van der Waals surface area contributed by atoms with E-state index in [1.165, 1.54) is 18.7 Å². The van der Waals surface area contributed by atoms with Crippen molar-refractivity contribution in [1.29, 1.82) is 0 Å². The molecule has 96 valence electrons. The van der Waals surface area contributed by atoms with Crippen molar-refractivity contribution in [2.45, 2.75) is 25.5 Å². The Labute approximate surface area is 110 Å². The van der Waals surface area contributed by atoms with E-state index < -0.39 is 0 Å². The minimum atomic E-state index is -0.0291. The first-order chi connectivity index (χ1) is 8.47. The van der Waals surface area contributed by atoms with Crippen LogP contribution in [-0.2, 0) is 9.59 Å². The molecule has 5 nitrogen and oxygen atoms in total. The first kappa shape index (κ1) is 12.9. The Morgan fingerprint density at radius 2 is 2.28 bits per heavy atom. The number of amides is 1. The largest absolute Gasteiger partial charge is 0.396 e. The van der Waals surface area contributed by atoms with E-state index in [-0.39, 0.29) is 16.3 Å². The van der Waals surface area contributed by atoms with Gasteiger partial charge in [-0.1, -0.05) is 11.8 Å². The lowest BCUT2D eigenvalue weighted by atomic mass is 10.3. The van der Waals surface area contributed by atoms with Gasteiger partial charge in [-0.25, -0.2) is 4.98 Å². The highest BCUT2D eigenvalue weighted by atomic mass is 32.2. The van der Waals surface area contributed by atoms with Gasteiger partial charge in [0.1, 0.15) is 0 Å². The molecule has 0 spiro atoms. The molecule has 0 aromatic carbocycles. The lowest BCUT2D eigenvalue weighted by Gasteiger charge is -2.17. The molecular weight excluding hydrogens is 250 g/mol. The predicted octanol–water partition coefficient (Wildman–Crippen LogP) is 1.36. The van der Waals surface area contributed by atoms with Gasteiger partial charge in [0.25, 0.3) is 0 Å². The Bertz CT molecular complexity index is 504. The molecular formula is C12H15N3O2S. The summed E-state index contributed by atoms with van der Waals surface area (Å²) in [5.41, 5.74) is 7.15. The standard InChI is InChI=1S/C12H15N3O2S/c1-7-3-4-10(13)12(14-7)15-6-9(5-11(15)17)18-8(2)16/h3-4,9H,5-6,13H2,1-2H3. The Hall–Kier alpha value is -1.56. The van der Waals surface area contributed by atoms with E-state index in [0.717, 1.165) is 5.69 Å². The maximum atomic E-state index is 11.9. The molecule has 1 aromatic heterocycles. The van der Waals surface area contributed by atoms with Gasteiger partial charge in [-0.05, 0) is 19.1 Å². The number of anilines is 2. The second kappa shape index (κ2) is 4.97. The second-order valence-electron chi connectivity index (χ2n) is 4.31. The number of nitrogens with two attached hydrogens (primary N) is 1. The van der Waals surface area contributed by atoms with Crippen LogP contribution < -0.4 is 10.6 Å². The summed E-state index contributed by atoms with van der Waals surface area (Å²) >= 11 is 1.20. The minimum Gasteiger partial charge on any atom is -0.396 e. The third-order valence-electron chi connectivity index (χ3n) is 2.72. The fourth-order valence-electron chi connectivity index (χ4n) is 1.96. The van der Waals surface area contributed by atoms with Crippen LogP contribution in [0.3, 0.4) is 0 Å². The molecule has 6 heteroatoms. The van der Waals surface area contributed by atoms with Crippen LogP contribution in [0.5, 0.6) is 0 Å². The minimum absolute atomic E-state index is 0.00304. The monoisotopic (exact) mass is 265 g/mol. The van der Waals surface area contributed by atoms with E-state index >= 15 is 0 Å². The van der Waals surface area contributed by atoms with Crippen molar-refractivity contribution in [2.75, 3.05) is 17.2 Å². The Kier molecular flexibility index (Phi) is 3.56. The molecule has 1 unspecified atom stereocenters. The van der Waals surface area contributed by atoms with Crippen LogP contribution in [0.1, 0.15) is 19.0 Å². The predicted molar refractivity (Wildman–Crippen MR) is 72.4 cm³/mol. The molecule has 2 rings (SSSR count). The Morgan fingerprint density at radius 1 is 1.56 bits per heavy atom. The maximum absolute atomic E-state index is 11.9. The van der Waals surface area contributed by atoms with Crippen LogP contribution in [-0.4, -0.2) is 27.8 Å². The van der Waals surface area contributed by atoms with Crippen LogP contribution in [0.4, 0.5) is 11.5 Å². The molecule has 0 bridgehead atoms. The number of carbonyl (C=O) groups excluding carboxylic acids is 2. The quantitative estimate of drug-likeness (QED) is 0.873. The summed E-state index contributed by atoms with van der Waals surface area (Å²) in [6.07, 6.45) is 0.360. The molecule has 2 heterocycles. The van der Waals surface area contributed by atoms with Crippen LogP contribution in [0.2, 0.25) is 0 Å². The summed E-state index contributed by atoms with van der Waals surface area (Å²) in [7, 11) is 0. The van der Waals surface area contributed by atoms with Gasteiger partial charge in [0.15, 0.2) is 10.9 Å². The number of thioether (sulfide) groups is 1. The first-order valence-corrected chi connectivity index (χ1v) is 6.56. The topological polar surface area (TPSA) is 76.3 Å². The summed E-state index contributed by atoms with van der Waals surface area (Å²) in [5.74, 6) is 0.477. The number of carbonyl (C=O) groups is 2. The fourth-order valence-corrected chi connectivity index (χ4v) is 2.88. The average Bonchev–Trinajstić information content (AvgIpc) is 2.62. The van der Waals surface area contributed by atoms with Gasteiger partial charge in [-0.15, -0.1) is 0 Å². The molecule has 0 aliphatic carbocycles. The molecule has 1 aliphatic heterocycles. The number of hydrogen-bond donors (Lipinski definition) is 1. The van der Waals surface area contributed by atoms with Crippen LogP contribution >= 0.6 is 11.8 Å². The second-order valence-corrected chi connectivity index (χ2v) is 5.78. The van der Waals surface area contributed by atoms with Crippen molar-refractivity contribution in [3.8, 4) is 0 Å². The zero-order valence-electron chi connectivity index (χ0n) is 10.3. The van der Waals surface area contributed by atoms with Gasteiger partial charge in [-0.3, -0.25) is 14.5 Å². The maximum Gasteiger partial charge on any atom is 0.229 e. The van der Waals surface area contributed by atoms with Gasteiger partial charge in [0.05, 0.1) is 5.69 Å². The normalized spacial score (nSPS) is 19.3. The summed E-state index contributed by atoms with van der Waals surface area (Å²) in [4.78, 5) is 28.9. The number of rotatable bonds is 2. The van der Waals surface area contributed by atoms with E-state index in [9.17, 15) is 9.59 Å². The third kappa shape index (κ3) is 2.64. The molecule has 1 aromatic rings. The van der Waals surface area contributed by atoms with E-state index in [0.29, 0.717) is 24.5 Å². The third-order valence-corrected chi connectivity index (χ3v) is 3.70. The van der Waals surface area contributed by atoms with Gasteiger partial charge in [-0.2, -0.15) is 0 Å². The molecule has 1 atom stereocenters. The fraction of sp³-hybridized carbons (Fsp3) is 0.417. The lowest BCUT2D eigenvalue weighted by molar-refractivity contribution is -0.117. The van der Waals surface area contributed by atoms with Gasteiger partial charge < -0.3 is 5.73 Å². The van der Waals surface area contributed by atoms with Gasteiger partial charge >= 0.3 is 0 Å². The van der Waals surface area contributed by atoms with E-state index in [1.807, 2.05) is 6.92 Å². The number of aromatic nitrogens is 1. The SMILES string of the molecule is CC(=O)SC1CC(=O)N(c2nc(C)ccc2N)C1. The smallest absolute Gasteiger partial charge is 0.229 e. The van der Waals surface area contributed by atoms with Gasteiger partial charge in [0.2, 0.25) is 5.91 Å². The highest BCUT2D eigenvalue weighted by molar-refractivity contribution is 8.14. The molecule has 18 heavy (non-hydrogen) atoms. The summed E-state index contributed by atoms with van der Waals surface area (Å²) in [5, 5.41) is 0.0246. The number of nitrogen functional groups attached to an aromatic ring is 1. The van der Waals surface area contributed by atoms with Crippen LogP contribution in [0, 0.1) is 6.92 Å². The molecule has 2 N–H and O–H groups in total. The zero-order chi connectivity index (χ0) is 13.3. The van der Waals surface area contributed by atoms with E-state index in [4.69, 9.17) is 5.73 Å². The molecule has 1 fully saturated rings. The summed E-state index contributed by atoms with van der Waals surface area (Å²) in [6, 6.07) is 3.55. The van der Waals surface area contributed by atoms with Crippen molar-refractivity contribution in [3.63, 3.8) is 0 Å². The van der Waals surface area contributed by atoms with Crippen LogP contribution in [0.15, 0.2) is 12.1 Å². The number of nitrogens with zero attached hydrogens (tertiary/aromatic N) is 2. The first-order valence-electron chi connectivity index (χ1n) is 5.68. The summed E-state index contributed by atoms with van der Waals surface area (Å²) in [6.45, 7) is 3.85.